The fourth-order valence-electron chi connectivity index (χ4n) is 3.41. The van der Waals surface area contributed by atoms with Crippen LogP contribution in [0.4, 0.5) is 10.5 Å². The number of carbonyl (C=O) groups excluding carboxylic acids is 1. The monoisotopic (exact) mass is 438 g/mol. The number of amides is 2. The molecule has 0 atom stereocenters. The summed E-state index contributed by atoms with van der Waals surface area (Å²) in [6.45, 7) is 1.43. The van der Waals surface area contributed by atoms with Crippen molar-refractivity contribution >= 4 is 22.6 Å². The molecule has 0 unspecified atom stereocenters. The summed E-state index contributed by atoms with van der Waals surface area (Å²) in [6, 6.07) is 12.2. The van der Waals surface area contributed by atoms with E-state index in [1.165, 1.54) is 0 Å². The van der Waals surface area contributed by atoms with Gasteiger partial charge < -0.3 is 34.3 Å². The number of urea groups is 1. The van der Waals surface area contributed by atoms with Crippen LogP contribution in [0.2, 0.25) is 0 Å². The molecule has 2 N–H and O–H groups in total. The maximum absolute atomic E-state index is 13.0. The van der Waals surface area contributed by atoms with E-state index < -0.39 is 0 Å². The summed E-state index contributed by atoms with van der Waals surface area (Å²) in [5.41, 5.74) is 1.54. The first-order valence-electron chi connectivity index (χ1n) is 10.2. The number of hydrogen-bond donors (Lipinski definition) is 2. The Labute approximate surface area is 185 Å². The summed E-state index contributed by atoms with van der Waals surface area (Å²) < 4.78 is 16.0. The first-order chi connectivity index (χ1) is 15.4. The van der Waals surface area contributed by atoms with Crippen molar-refractivity contribution in [3.05, 3.63) is 58.4 Å². The number of ether oxygens (including phenoxy) is 3. The van der Waals surface area contributed by atoms with Crippen LogP contribution >= 0.6 is 0 Å². The average molecular weight is 438 g/mol. The Balaban J connectivity index is 1.57. The molecule has 32 heavy (non-hydrogen) atoms. The van der Waals surface area contributed by atoms with Crippen LogP contribution in [0.3, 0.4) is 0 Å². The number of nitrogens with zero attached hydrogens (tertiary/aromatic N) is 2. The average Bonchev–Trinajstić information content (AvgIpc) is 3.23. The third kappa shape index (κ3) is 4.78. The second-order valence-corrected chi connectivity index (χ2v) is 7.80. The second-order valence-electron chi connectivity index (χ2n) is 7.80. The minimum absolute atomic E-state index is 0.159. The first kappa shape index (κ1) is 21.5. The number of hydrogen-bond acceptors (Lipinski definition) is 6. The molecule has 1 aromatic heterocycles. The van der Waals surface area contributed by atoms with Crippen molar-refractivity contribution in [1.82, 2.24) is 14.8 Å². The van der Waals surface area contributed by atoms with Crippen molar-refractivity contribution in [3.8, 4) is 17.2 Å². The van der Waals surface area contributed by atoms with Gasteiger partial charge in [0.15, 0.2) is 11.5 Å². The van der Waals surface area contributed by atoms with E-state index in [1.807, 2.05) is 25.1 Å². The number of fused-ring (bicyclic) bond motifs is 2. The topological polar surface area (TPSA) is 96.1 Å². The third-order valence-electron chi connectivity index (χ3n) is 5.22. The van der Waals surface area contributed by atoms with Crippen LogP contribution in [0.1, 0.15) is 5.56 Å². The van der Waals surface area contributed by atoms with Crippen molar-refractivity contribution in [2.24, 2.45) is 0 Å². The highest BCUT2D eigenvalue weighted by molar-refractivity contribution is 5.89. The summed E-state index contributed by atoms with van der Waals surface area (Å²) in [5, 5.41) is 3.70. The molecule has 0 saturated heterocycles. The van der Waals surface area contributed by atoms with Crippen LogP contribution in [-0.2, 0) is 6.54 Å². The Bertz CT molecular complexity index is 1170. The molecular formula is C23H26N4O5. The zero-order valence-corrected chi connectivity index (χ0v) is 18.3. The normalized spacial score (nSPS) is 12.2. The molecule has 3 aromatic rings. The molecule has 0 saturated carbocycles. The van der Waals surface area contributed by atoms with Crippen LogP contribution in [0, 0.1) is 0 Å². The second kappa shape index (κ2) is 9.19. The van der Waals surface area contributed by atoms with Gasteiger partial charge in [0.1, 0.15) is 5.75 Å². The molecule has 2 heterocycles. The van der Waals surface area contributed by atoms with Crippen molar-refractivity contribution in [2.75, 3.05) is 46.4 Å². The Morgan fingerprint density at radius 3 is 2.50 bits per heavy atom. The number of nitrogens with one attached hydrogen (secondary N) is 2. The van der Waals surface area contributed by atoms with Crippen LogP contribution < -0.4 is 25.1 Å². The van der Waals surface area contributed by atoms with Gasteiger partial charge in [-0.15, -0.1) is 0 Å². The number of rotatable bonds is 7. The highest BCUT2D eigenvalue weighted by Crippen LogP contribution is 2.35. The maximum atomic E-state index is 13.0. The minimum atomic E-state index is -0.290. The predicted octanol–water partition coefficient (Wildman–Crippen LogP) is 2.86. The van der Waals surface area contributed by atoms with Gasteiger partial charge in [-0.25, -0.2) is 4.79 Å². The quantitative estimate of drug-likeness (QED) is 0.589. The van der Waals surface area contributed by atoms with E-state index in [1.54, 1.807) is 48.4 Å². The van der Waals surface area contributed by atoms with Crippen LogP contribution in [0.5, 0.6) is 17.2 Å². The summed E-state index contributed by atoms with van der Waals surface area (Å²) in [7, 11) is 5.46. The van der Waals surface area contributed by atoms with E-state index >= 15 is 0 Å². The van der Waals surface area contributed by atoms with E-state index in [-0.39, 0.29) is 24.9 Å². The van der Waals surface area contributed by atoms with Crippen LogP contribution in [0.25, 0.3) is 10.9 Å². The van der Waals surface area contributed by atoms with Gasteiger partial charge in [0, 0.05) is 35.8 Å². The predicted molar refractivity (Wildman–Crippen MR) is 122 cm³/mol. The molecule has 1 aliphatic heterocycles. The van der Waals surface area contributed by atoms with Gasteiger partial charge >= 0.3 is 6.03 Å². The van der Waals surface area contributed by atoms with E-state index in [0.29, 0.717) is 47.1 Å². The fraction of sp³-hybridized carbons (Fsp3) is 0.304. The van der Waals surface area contributed by atoms with Gasteiger partial charge in [-0.3, -0.25) is 4.79 Å². The van der Waals surface area contributed by atoms with Gasteiger partial charge in [0.2, 0.25) is 6.79 Å². The number of anilines is 1. The number of H-pyrrole nitrogens is 1. The van der Waals surface area contributed by atoms with Crippen molar-refractivity contribution in [3.63, 3.8) is 0 Å². The van der Waals surface area contributed by atoms with Gasteiger partial charge in [-0.2, -0.15) is 0 Å². The molecule has 9 nitrogen and oxygen atoms in total. The first-order valence-corrected chi connectivity index (χ1v) is 10.2. The van der Waals surface area contributed by atoms with Crippen molar-refractivity contribution in [2.45, 2.75) is 6.54 Å². The molecule has 0 spiro atoms. The summed E-state index contributed by atoms with van der Waals surface area (Å²) in [6.07, 6.45) is 0. The molecule has 2 amide bonds. The summed E-state index contributed by atoms with van der Waals surface area (Å²) in [4.78, 5) is 32.3. The highest BCUT2D eigenvalue weighted by Gasteiger charge is 2.19. The Kier molecular flexibility index (Phi) is 6.18. The Hall–Kier alpha value is -3.72. The number of benzene rings is 2. The van der Waals surface area contributed by atoms with Crippen LogP contribution in [-0.4, -0.2) is 61.9 Å². The molecule has 2 aromatic carbocycles. The van der Waals surface area contributed by atoms with E-state index in [0.717, 1.165) is 5.39 Å². The molecular weight excluding hydrogens is 412 g/mol. The number of likely N-dealkylation sites (N-methyl/N-ethyl adjacent to an activating group) is 1. The number of carbonyl (C=O) groups is 1. The highest BCUT2D eigenvalue weighted by atomic mass is 16.7. The SMILES string of the molecule is COc1ccc(NC(=O)N(CCN(C)C)Cc2cc3cc4c(cc3[nH]c2=O)OCO4)cc1. The molecule has 1 aliphatic rings. The van der Waals surface area contributed by atoms with Crippen molar-refractivity contribution < 1.29 is 19.0 Å². The van der Waals surface area contributed by atoms with E-state index in [2.05, 4.69) is 10.3 Å². The summed E-state index contributed by atoms with van der Waals surface area (Å²) in [5.74, 6) is 1.95. The van der Waals surface area contributed by atoms with E-state index in [4.69, 9.17) is 14.2 Å². The molecule has 0 aliphatic carbocycles. The lowest BCUT2D eigenvalue weighted by Crippen LogP contribution is -2.40. The maximum Gasteiger partial charge on any atom is 0.322 e. The fourth-order valence-corrected chi connectivity index (χ4v) is 3.41. The lowest BCUT2D eigenvalue weighted by atomic mass is 10.1. The molecule has 0 radical (unpaired) electrons. The largest absolute Gasteiger partial charge is 0.497 e. The third-order valence-corrected chi connectivity index (χ3v) is 5.22. The summed E-state index contributed by atoms with van der Waals surface area (Å²) >= 11 is 0. The molecule has 4 rings (SSSR count). The lowest BCUT2D eigenvalue weighted by molar-refractivity contribution is 0.174. The van der Waals surface area contributed by atoms with Gasteiger partial charge in [-0.1, -0.05) is 0 Å². The smallest absolute Gasteiger partial charge is 0.322 e. The Morgan fingerprint density at radius 2 is 1.81 bits per heavy atom. The van der Waals surface area contributed by atoms with Crippen molar-refractivity contribution in [1.29, 1.82) is 0 Å². The van der Waals surface area contributed by atoms with Gasteiger partial charge in [0.05, 0.1) is 19.2 Å². The molecule has 0 bridgehead atoms. The zero-order valence-electron chi connectivity index (χ0n) is 18.3. The van der Waals surface area contributed by atoms with Gasteiger partial charge in [0.25, 0.3) is 5.56 Å². The number of pyridine rings is 1. The molecule has 9 heteroatoms. The van der Waals surface area contributed by atoms with Crippen LogP contribution in [0.15, 0.2) is 47.3 Å². The number of aromatic amines is 1. The molecule has 168 valence electrons. The minimum Gasteiger partial charge on any atom is -0.497 e. The Morgan fingerprint density at radius 1 is 1.09 bits per heavy atom. The zero-order chi connectivity index (χ0) is 22.7. The van der Waals surface area contributed by atoms with E-state index in [9.17, 15) is 9.59 Å². The van der Waals surface area contributed by atoms with Gasteiger partial charge in [-0.05, 0) is 50.5 Å². The lowest BCUT2D eigenvalue weighted by Gasteiger charge is -2.24. The standard InChI is InChI=1S/C23H26N4O5/c1-26(2)8-9-27(23(29)24-17-4-6-18(30-3)7-5-17)13-16-10-15-11-20-21(32-14-31-20)12-19(15)25-22(16)28/h4-7,10-12H,8-9,13-14H2,1-3H3,(H,24,29)(H,25,28). The molecule has 0 fully saturated rings. The number of aromatic nitrogens is 1. The number of methoxy groups -OCH3 is 1.